The van der Waals surface area contributed by atoms with Crippen LogP contribution in [-0.4, -0.2) is 20.7 Å². The zero-order chi connectivity index (χ0) is 15.8. The Bertz CT molecular complexity index is 753. The third kappa shape index (κ3) is 4.88. The van der Waals surface area contributed by atoms with Gasteiger partial charge in [-0.05, 0) is 42.5 Å². The van der Waals surface area contributed by atoms with E-state index in [9.17, 15) is 8.42 Å². The topological polar surface area (TPSA) is 70.0 Å². The van der Waals surface area contributed by atoms with Crippen molar-refractivity contribution >= 4 is 21.8 Å². The third-order valence-electron chi connectivity index (χ3n) is 2.90. The number of nitrogens with one attached hydrogen (secondary N) is 1. The zero-order valence-corrected chi connectivity index (χ0v) is 13.5. The van der Waals surface area contributed by atoms with Crippen molar-refractivity contribution in [1.82, 2.24) is 4.72 Å². The van der Waals surface area contributed by atoms with Gasteiger partial charge in [-0.1, -0.05) is 24.3 Å². The molecule has 0 atom stereocenters. The molecule has 2 rings (SSSR count). The van der Waals surface area contributed by atoms with Crippen LogP contribution in [0.25, 0.3) is 0 Å². The highest BCUT2D eigenvalue weighted by atomic mass is 32.2. The summed E-state index contributed by atoms with van der Waals surface area (Å²) in [5, 5.41) is 8.81. The Hall–Kier alpha value is -1.81. The normalized spacial score (nSPS) is 11.0. The van der Waals surface area contributed by atoms with Crippen LogP contribution in [0.2, 0.25) is 0 Å². The van der Waals surface area contributed by atoms with Crippen LogP contribution in [0.5, 0.6) is 0 Å². The summed E-state index contributed by atoms with van der Waals surface area (Å²) in [5.74, 6) is 0.838. The summed E-state index contributed by atoms with van der Waals surface area (Å²) in [4.78, 5) is 1.30. The van der Waals surface area contributed by atoms with Crippen LogP contribution >= 0.6 is 11.8 Å². The number of benzene rings is 2. The zero-order valence-electron chi connectivity index (χ0n) is 11.9. The molecule has 0 saturated heterocycles. The first-order valence-corrected chi connectivity index (χ1v) is 9.26. The van der Waals surface area contributed by atoms with Gasteiger partial charge in [-0.2, -0.15) is 5.26 Å². The van der Waals surface area contributed by atoms with Gasteiger partial charge < -0.3 is 0 Å². The second-order valence-electron chi connectivity index (χ2n) is 4.55. The summed E-state index contributed by atoms with van der Waals surface area (Å²) in [5.41, 5.74) is 0.336. The fourth-order valence-corrected chi connectivity index (χ4v) is 3.80. The van der Waals surface area contributed by atoms with Crippen LogP contribution in [0.3, 0.4) is 0 Å². The van der Waals surface area contributed by atoms with Gasteiger partial charge in [-0.15, -0.1) is 11.8 Å². The smallest absolute Gasteiger partial charge is 0.211 e. The maximum absolute atomic E-state index is 12.1. The molecule has 0 aromatic heterocycles. The van der Waals surface area contributed by atoms with Gasteiger partial charge in [0.05, 0.1) is 16.5 Å². The number of nitrogens with zero attached hydrogens (tertiary/aromatic N) is 1. The molecule has 4 nitrogen and oxygen atoms in total. The number of rotatable bonds is 7. The van der Waals surface area contributed by atoms with E-state index < -0.39 is 10.0 Å². The van der Waals surface area contributed by atoms with Gasteiger partial charge in [0.1, 0.15) is 0 Å². The van der Waals surface area contributed by atoms with E-state index in [2.05, 4.69) is 4.72 Å². The van der Waals surface area contributed by atoms with Crippen molar-refractivity contribution in [3.05, 3.63) is 60.2 Å². The van der Waals surface area contributed by atoms with E-state index in [-0.39, 0.29) is 4.90 Å². The number of thioether (sulfide) groups is 1. The van der Waals surface area contributed by atoms with Crippen molar-refractivity contribution in [2.24, 2.45) is 0 Å². The summed E-state index contributed by atoms with van der Waals surface area (Å²) < 4.78 is 26.8. The van der Waals surface area contributed by atoms with Gasteiger partial charge in [0.25, 0.3) is 0 Å². The molecular formula is C16H16N2O2S2. The molecule has 0 radical (unpaired) electrons. The fourth-order valence-electron chi connectivity index (χ4n) is 1.80. The molecule has 0 aliphatic heterocycles. The third-order valence-corrected chi connectivity index (χ3v) is 5.46. The van der Waals surface area contributed by atoms with Gasteiger partial charge in [-0.3, -0.25) is 0 Å². The molecule has 0 spiro atoms. The van der Waals surface area contributed by atoms with Crippen molar-refractivity contribution in [2.75, 3.05) is 12.3 Å². The van der Waals surface area contributed by atoms with Crippen LogP contribution in [0.1, 0.15) is 12.0 Å². The highest BCUT2D eigenvalue weighted by Crippen LogP contribution is 2.17. The van der Waals surface area contributed by atoms with Crippen molar-refractivity contribution in [3.8, 4) is 6.07 Å². The van der Waals surface area contributed by atoms with Crippen LogP contribution in [-0.2, 0) is 10.0 Å². The van der Waals surface area contributed by atoms with Crippen LogP contribution in [0.4, 0.5) is 0 Å². The number of sulfonamides is 1. The second-order valence-corrected chi connectivity index (χ2v) is 7.49. The minimum absolute atomic E-state index is 0.127. The summed E-state index contributed by atoms with van der Waals surface area (Å²) >= 11 is 1.70. The number of hydrogen-bond acceptors (Lipinski definition) is 4. The lowest BCUT2D eigenvalue weighted by Gasteiger charge is -2.07. The van der Waals surface area contributed by atoms with Crippen molar-refractivity contribution in [1.29, 1.82) is 5.26 Å². The molecule has 1 N–H and O–H groups in total. The standard InChI is InChI=1S/C16H16N2O2S2/c17-13-14-6-4-9-16(12-14)22(19,20)18-10-5-11-21-15-7-2-1-3-8-15/h1-4,6-9,12,18H,5,10-11H2. The Morgan fingerprint density at radius 1 is 1.09 bits per heavy atom. The molecule has 0 saturated carbocycles. The van der Waals surface area contributed by atoms with E-state index in [1.54, 1.807) is 23.9 Å². The number of hydrogen-bond donors (Lipinski definition) is 1. The van der Waals surface area contributed by atoms with Crippen molar-refractivity contribution < 1.29 is 8.42 Å². The predicted molar refractivity (Wildman–Crippen MR) is 88.1 cm³/mol. The predicted octanol–water partition coefficient (Wildman–Crippen LogP) is 3.02. The lowest BCUT2D eigenvalue weighted by atomic mass is 10.2. The van der Waals surface area contributed by atoms with Gasteiger partial charge in [-0.25, -0.2) is 13.1 Å². The van der Waals surface area contributed by atoms with Crippen LogP contribution in [0.15, 0.2) is 64.4 Å². The van der Waals surface area contributed by atoms with E-state index >= 15 is 0 Å². The van der Waals surface area contributed by atoms with E-state index in [1.807, 2.05) is 36.4 Å². The molecule has 0 bridgehead atoms. The summed E-state index contributed by atoms with van der Waals surface area (Å²) in [6.07, 6.45) is 0.733. The maximum atomic E-state index is 12.1. The Morgan fingerprint density at radius 2 is 1.86 bits per heavy atom. The average molecular weight is 332 g/mol. The van der Waals surface area contributed by atoms with Crippen LogP contribution < -0.4 is 4.72 Å². The number of nitriles is 1. The van der Waals surface area contributed by atoms with E-state index in [0.717, 1.165) is 12.2 Å². The Labute approximate surface area is 135 Å². The Morgan fingerprint density at radius 3 is 2.59 bits per heavy atom. The minimum Gasteiger partial charge on any atom is -0.211 e. The Kier molecular flexibility index (Phi) is 6.01. The lowest BCUT2D eigenvalue weighted by Crippen LogP contribution is -2.25. The quantitative estimate of drug-likeness (QED) is 0.625. The average Bonchev–Trinajstić information content (AvgIpc) is 2.55. The Balaban J connectivity index is 1.81. The highest BCUT2D eigenvalue weighted by Gasteiger charge is 2.13. The molecule has 0 fully saturated rings. The van der Waals surface area contributed by atoms with Crippen molar-refractivity contribution in [2.45, 2.75) is 16.2 Å². The summed E-state index contributed by atoms with van der Waals surface area (Å²) in [7, 11) is -3.55. The van der Waals surface area contributed by atoms with Gasteiger partial charge in [0.2, 0.25) is 10.0 Å². The monoisotopic (exact) mass is 332 g/mol. The van der Waals surface area contributed by atoms with E-state index in [1.165, 1.54) is 17.0 Å². The highest BCUT2D eigenvalue weighted by molar-refractivity contribution is 7.99. The molecule has 2 aromatic rings. The second kappa shape index (κ2) is 7.99. The molecule has 0 aliphatic rings. The lowest BCUT2D eigenvalue weighted by molar-refractivity contribution is 0.581. The van der Waals surface area contributed by atoms with Crippen molar-refractivity contribution in [3.63, 3.8) is 0 Å². The van der Waals surface area contributed by atoms with Gasteiger partial charge in [0, 0.05) is 11.4 Å². The molecule has 22 heavy (non-hydrogen) atoms. The summed E-state index contributed by atoms with van der Waals surface area (Å²) in [6.45, 7) is 0.374. The first-order chi connectivity index (χ1) is 10.6. The molecule has 0 amide bonds. The first-order valence-electron chi connectivity index (χ1n) is 6.79. The van der Waals surface area contributed by atoms with E-state index in [4.69, 9.17) is 5.26 Å². The van der Waals surface area contributed by atoms with Gasteiger partial charge >= 0.3 is 0 Å². The largest absolute Gasteiger partial charge is 0.240 e. The van der Waals surface area contributed by atoms with Gasteiger partial charge in [0.15, 0.2) is 0 Å². The molecule has 2 aromatic carbocycles. The fraction of sp³-hybridized carbons (Fsp3) is 0.188. The molecule has 114 valence electrons. The SMILES string of the molecule is N#Cc1cccc(S(=O)(=O)NCCCSc2ccccc2)c1. The maximum Gasteiger partial charge on any atom is 0.240 e. The molecule has 6 heteroatoms. The molecule has 0 heterocycles. The minimum atomic E-state index is -3.55. The molecule has 0 unspecified atom stereocenters. The van der Waals surface area contributed by atoms with E-state index in [0.29, 0.717) is 12.1 Å². The first kappa shape index (κ1) is 16.6. The molecule has 0 aliphatic carbocycles. The summed E-state index contributed by atoms with van der Waals surface area (Å²) in [6, 6.07) is 17.9. The molecular weight excluding hydrogens is 316 g/mol. The van der Waals surface area contributed by atoms with Crippen LogP contribution in [0, 0.1) is 11.3 Å².